The maximum atomic E-state index is 12.5. The molecule has 2 saturated heterocycles. The van der Waals surface area contributed by atoms with Crippen LogP contribution in [0.5, 0.6) is 0 Å². The van der Waals surface area contributed by atoms with Crippen molar-refractivity contribution in [3.8, 4) is 0 Å². The van der Waals surface area contributed by atoms with Gasteiger partial charge in [-0.3, -0.25) is 19.7 Å². The third-order valence-corrected chi connectivity index (χ3v) is 4.77. The molecule has 0 radical (unpaired) electrons. The van der Waals surface area contributed by atoms with Gasteiger partial charge in [0.15, 0.2) is 5.69 Å². The second-order valence-electron chi connectivity index (χ2n) is 6.78. The summed E-state index contributed by atoms with van der Waals surface area (Å²) in [6, 6.07) is -0.123. The number of nitrogens with zero attached hydrogens (tertiary/aromatic N) is 4. The Bertz CT molecular complexity index is 615. The Labute approximate surface area is 152 Å². The standard InChI is InChI=1S/C16H27N7O3/c1-26-8-6-17-15(24)14-11-23(21-20-14)10-12-3-2-7-22(9-12)16(25)13-4-5-18-19-13/h11-13,18-19H,2-10H2,1H3,(H,17,24)/t12-,13?/m1/s1. The van der Waals surface area contributed by atoms with Crippen molar-refractivity contribution in [2.45, 2.75) is 31.8 Å². The predicted molar refractivity (Wildman–Crippen MR) is 93.1 cm³/mol. The quantitative estimate of drug-likeness (QED) is 0.518. The lowest BCUT2D eigenvalue weighted by atomic mass is 9.97. The van der Waals surface area contributed by atoms with Gasteiger partial charge in [-0.25, -0.2) is 5.43 Å². The van der Waals surface area contributed by atoms with E-state index in [1.54, 1.807) is 18.0 Å². The highest BCUT2D eigenvalue weighted by Gasteiger charge is 2.30. The van der Waals surface area contributed by atoms with Gasteiger partial charge in [-0.2, -0.15) is 0 Å². The minimum absolute atomic E-state index is 0.123. The van der Waals surface area contributed by atoms with Crippen molar-refractivity contribution in [1.29, 1.82) is 0 Å². The van der Waals surface area contributed by atoms with Crippen molar-refractivity contribution in [2.24, 2.45) is 5.92 Å². The Morgan fingerprint density at radius 2 is 2.31 bits per heavy atom. The van der Waals surface area contributed by atoms with Gasteiger partial charge in [0.2, 0.25) is 5.91 Å². The zero-order valence-corrected chi connectivity index (χ0v) is 15.1. The maximum absolute atomic E-state index is 12.5. The number of amides is 2. The number of hydrogen-bond donors (Lipinski definition) is 3. The van der Waals surface area contributed by atoms with Gasteiger partial charge in [-0.15, -0.1) is 5.10 Å². The molecular weight excluding hydrogens is 338 g/mol. The largest absolute Gasteiger partial charge is 0.383 e. The van der Waals surface area contributed by atoms with E-state index in [4.69, 9.17) is 4.74 Å². The molecular formula is C16H27N7O3. The van der Waals surface area contributed by atoms with Crippen LogP contribution in [-0.4, -0.2) is 77.6 Å². The number of carbonyl (C=O) groups excluding carboxylic acids is 2. The first-order valence-corrected chi connectivity index (χ1v) is 9.12. The fraction of sp³-hybridized carbons (Fsp3) is 0.750. The first kappa shape index (κ1) is 18.7. The van der Waals surface area contributed by atoms with Crippen LogP contribution < -0.4 is 16.2 Å². The molecule has 10 heteroatoms. The van der Waals surface area contributed by atoms with Crippen LogP contribution in [0.1, 0.15) is 29.8 Å². The minimum Gasteiger partial charge on any atom is -0.383 e. The van der Waals surface area contributed by atoms with Crippen LogP contribution in [0.3, 0.4) is 0 Å². The number of ether oxygens (including phenoxy) is 1. The number of carbonyl (C=O) groups is 2. The molecule has 3 heterocycles. The molecule has 0 spiro atoms. The molecule has 1 aromatic rings. The van der Waals surface area contributed by atoms with E-state index in [2.05, 4.69) is 26.5 Å². The zero-order valence-electron chi connectivity index (χ0n) is 15.1. The third-order valence-electron chi connectivity index (χ3n) is 4.77. The molecule has 3 rings (SSSR count). The Morgan fingerprint density at radius 3 is 3.08 bits per heavy atom. The maximum Gasteiger partial charge on any atom is 0.273 e. The van der Waals surface area contributed by atoms with Gasteiger partial charge in [0.05, 0.1) is 12.8 Å². The summed E-state index contributed by atoms with van der Waals surface area (Å²) < 4.78 is 6.60. The fourth-order valence-corrected chi connectivity index (χ4v) is 3.42. The number of rotatable bonds is 7. The van der Waals surface area contributed by atoms with E-state index < -0.39 is 0 Å². The predicted octanol–water partition coefficient (Wildman–Crippen LogP) is -1.24. The van der Waals surface area contributed by atoms with Gasteiger partial charge in [0, 0.05) is 39.8 Å². The highest BCUT2D eigenvalue weighted by Crippen LogP contribution is 2.19. The Balaban J connectivity index is 1.50. The summed E-state index contributed by atoms with van der Waals surface area (Å²) in [6.07, 6.45) is 4.50. The number of methoxy groups -OCH3 is 1. The number of nitrogens with one attached hydrogen (secondary N) is 3. The van der Waals surface area contributed by atoms with Gasteiger partial charge in [-0.1, -0.05) is 5.21 Å². The Morgan fingerprint density at radius 1 is 1.42 bits per heavy atom. The number of likely N-dealkylation sites (tertiary alicyclic amines) is 1. The van der Waals surface area contributed by atoms with E-state index in [0.717, 1.165) is 32.4 Å². The molecule has 10 nitrogen and oxygen atoms in total. The topological polar surface area (TPSA) is 113 Å². The van der Waals surface area contributed by atoms with Crippen molar-refractivity contribution in [1.82, 2.24) is 36.1 Å². The number of hydrogen-bond acceptors (Lipinski definition) is 7. The molecule has 2 amide bonds. The van der Waals surface area contributed by atoms with Crippen LogP contribution in [0.4, 0.5) is 0 Å². The molecule has 0 saturated carbocycles. The number of hydrazine groups is 1. The van der Waals surface area contributed by atoms with E-state index in [-0.39, 0.29) is 17.9 Å². The summed E-state index contributed by atoms with van der Waals surface area (Å²) in [5, 5.41) is 10.7. The van der Waals surface area contributed by atoms with Gasteiger partial charge >= 0.3 is 0 Å². The molecule has 144 valence electrons. The van der Waals surface area contributed by atoms with Crippen LogP contribution in [-0.2, 0) is 16.1 Å². The van der Waals surface area contributed by atoms with Gasteiger partial charge in [0.1, 0.15) is 6.04 Å². The van der Waals surface area contributed by atoms with Gasteiger partial charge in [-0.05, 0) is 25.2 Å². The van der Waals surface area contributed by atoms with Crippen LogP contribution in [0.2, 0.25) is 0 Å². The van der Waals surface area contributed by atoms with E-state index in [1.165, 1.54) is 0 Å². The normalized spacial score (nSPS) is 23.2. The molecule has 2 fully saturated rings. The summed E-state index contributed by atoms with van der Waals surface area (Å²) in [5.74, 6) is 0.221. The fourth-order valence-electron chi connectivity index (χ4n) is 3.42. The van der Waals surface area contributed by atoms with E-state index in [0.29, 0.717) is 37.9 Å². The molecule has 0 bridgehead atoms. The molecule has 2 aliphatic heterocycles. The third kappa shape index (κ3) is 4.77. The van der Waals surface area contributed by atoms with Gasteiger partial charge < -0.3 is 15.0 Å². The van der Waals surface area contributed by atoms with Crippen molar-refractivity contribution in [2.75, 3.05) is 39.9 Å². The SMILES string of the molecule is COCCNC(=O)c1cn(C[C@@H]2CCCN(C(=O)C3CCNN3)C2)nn1. The average Bonchev–Trinajstić information content (AvgIpc) is 3.33. The van der Waals surface area contributed by atoms with Crippen LogP contribution in [0.25, 0.3) is 0 Å². The molecule has 0 aromatic carbocycles. The monoisotopic (exact) mass is 365 g/mol. The summed E-state index contributed by atoms with van der Waals surface area (Å²) >= 11 is 0. The highest BCUT2D eigenvalue weighted by molar-refractivity contribution is 5.91. The van der Waals surface area contributed by atoms with Crippen molar-refractivity contribution >= 4 is 11.8 Å². The van der Waals surface area contributed by atoms with Crippen molar-refractivity contribution in [3.63, 3.8) is 0 Å². The van der Waals surface area contributed by atoms with Crippen LogP contribution >= 0.6 is 0 Å². The smallest absolute Gasteiger partial charge is 0.273 e. The molecule has 1 aromatic heterocycles. The zero-order chi connectivity index (χ0) is 18.4. The van der Waals surface area contributed by atoms with E-state index in [9.17, 15) is 9.59 Å². The van der Waals surface area contributed by atoms with E-state index in [1.807, 2.05) is 4.90 Å². The Kier molecular flexibility index (Phi) is 6.53. The second-order valence-corrected chi connectivity index (χ2v) is 6.78. The molecule has 3 N–H and O–H groups in total. The summed E-state index contributed by atoms with van der Waals surface area (Å²) in [7, 11) is 1.58. The lowest BCUT2D eigenvalue weighted by Crippen LogP contribution is -2.49. The number of aromatic nitrogens is 3. The lowest BCUT2D eigenvalue weighted by molar-refractivity contribution is -0.135. The molecule has 0 aliphatic carbocycles. The first-order chi connectivity index (χ1) is 12.7. The van der Waals surface area contributed by atoms with Gasteiger partial charge in [0.25, 0.3) is 5.91 Å². The molecule has 2 atom stereocenters. The summed E-state index contributed by atoms with van der Waals surface area (Å²) in [4.78, 5) is 26.4. The summed E-state index contributed by atoms with van der Waals surface area (Å²) in [5.41, 5.74) is 6.34. The molecule has 26 heavy (non-hydrogen) atoms. The van der Waals surface area contributed by atoms with Crippen LogP contribution in [0, 0.1) is 5.92 Å². The first-order valence-electron chi connectivity index (χ1n) is 9.12. The number of piperidine rings is 1. The molecule has 1 unspecified atom stereocenters. The summed E-state index contributed by atoms with van der Waals surface area (Å²) in [6.45, 7) is 3.88. The average molecular weight is 365 g/mol. The lowest BCUT2D eigenvalue weighted by Gasteiger charge is -2.34. The second kappa shape index (κ2) is 9.06. The van der Waals surface area contributed by atoms with Crippen molar-refractivity contribution in [3.05, 3.63) is 11.9 Å². The van der Waals surface area contributed by atoms with Crippen molar-refractivity contribution < 1.29 is 14.3 Å². The van der Waals surface area contributed by atoms with E-state index >= 15 is 0 Å². The molecule has 2 aliphatic rings. The Hall–Kier alpha value is -2.04. The van der Waals surface area contributed by atoms with Crippen LogP contribution in [0.15, 0.2) is 6.20 Å². The highest BCUT2D eigenvalue weighted by atomic mass is 16.5. The minimum atomic E-state index is -0.256.